The van der Waals surface area contributed by atoms with Crippen LogP contribution in [0, 0.1) is 10.5 Å². The zero-order chi connectivity index (χ0) is 13.8. The average Bonchev–Trinajstić information content (AvgIpc) is 2.84. The summed E-state index contributed by atoms with van der Waals surface area (Å²) in [5.41, 5.74) is 3.87. The first-order valence-electron chi connectivity index (χ1n) is 6.63. The Hall–Kier alpha value is -0.880. The highest BCUT2D eigenvalue weighted by molar-refractivity contribution is 14.1. The zero-order valence-corrected chi connectivity index (χ0v) is 13.8. The van der Waals surface area contributed by atoms with E-state index in [2.05, 4.69) is 75.8 Å². The molecule has 1 heterocycles. The standard InChI is InChI=1S/C15H20IN3/c1-4-10-19-13(8-9-18-19)15(17-3)12-7-5-6-11(2)14(12)16/h5-9,15,17H,4,10H2,1-3H3. The van der Waals surface area contributed by atoms with Crippen LogP contribution in [-0.4, -0.2) is 16.8 Å². The van der Waals surface area contributed by atoms with Crippen LogP contribution in [-0.2, 0) is 6.54 Å². The molecule has 102 valence electrons. The second kappa shape index (κ2) is 6.52. The number of halogens is 1. The molecule has 2 rings (SSSR count). The van der Waals surface area contributed by atoms with E-state index >= 15 is 0 Å². The molecule has 0 saturated heterocycles. The molecule has 0 fully saturated rings. The van der Waals surface area contributed by atoms with Crippen molar-refractivity contribution in [3.05, 3.63) is 50.9 Å². The molecule has 2 aromatic rings. The molecule has 3 nitrogen and oxygen atoms in total. The highest BCUT2D eigenvalue weighted by atomic mass is 127. The average molecular weight is 369 g/mol. The van der Waals surface area contributed by atoms with Gasteiger partial charge in [-0.25, -0.2) is 0 Å². The van der Waals surface area contributed by atoms with E-state index in [1.54, 1.807) is 0 Å². The molecule has 4 heteroatoms. The van der Waals surface area contributed by atoms with Crippen molar-refractivity contribution >= 4 is 22.6 Å². The smallest absolute Gasteiger partial charge is 0.0756 e. The molecule has 1 unspecified atom stereocenters. The summed E-state index contributed by atoms with van der Waals surface area (Å²) in [4.78, 5) is 0. The molecule has 0 aliphatic rings. The van der Waals surface area contributed by atoms with Gasteiger partial charge < -0.3 is 5.32 Å². The van der Waals surface area contributed by atoms with Gasteiger partial charge in [-0.15, -0.1) is 0 Å². The molecule has 0 aliphatic heterocycles. The fourth-order valence-corrected chi connectivity index (χ4v) is 3.01. The highest BCUT2D eigenvalue weighted by Crippen LogP contribution is 2.27. The number of nitrogens with one attached hydrogen (secondary N) is 1. The Morgan fingerprint density at radius 2 is 2.16 bits per heavy atom. The van der Waals surface area contributed by atoms with E-state index in [1.165, 1.54) is 20.4 Å². The maximum Gasteiger partial charge on any atom is 0.0756 e. The molecule has 1 atom stereocenters. The second-order valence-electron chi connectivity index (χ2n) is 4.68. The van der Waals surface area contributed by atoms with Gasteiger partial charge in [0, 0.05) is 16.3 Å². The van der Waals surface area contributed by atoms with E-state index in [0.717, 1.165) is 13.0 Å². The minimum Gasteiger partial charge on any atom is -0.308 e. The van der Waals surface area contributed by atoms with Crippen molar-refractivity contribution < 1.29 is 0 Å². The summed E-state index contributed by atoms with van der Waals surface area (Å²) in [7, 11) is 2.01. The lowest BCUT2D eigenvalue weighted by Crippen LogP contribution is -2.22. The topological polar surface area (TPSA) is 29.9 Å². The van der Waals surface area contributed by atoms with Crippen molar-refractivity contribution in [2.45, 2.75) is 32.9 Å². The number of hydrogen-bond acceptors (Lipinski definition) is 2. The van der Waals surface area contributed by atoms with Crippen LogP contribution in [0.1, 0.15) is 36.2 Å². The lowest BCUT2D eigenvalue weighted by atomic mass is 10.0. The van der Waals surface area contributed by atoms with Crippen molar-refractivity contribution in [1.29, 1.82) is 0 Å². The van der Waals surface area contributed by atoms with Crippen molar-refractivity contribution in [3.8, 4) is 0 Å². The summed E-state index contributed by atoms with van der Waals surface area (Å²) in [6, 6.07) is 8.77. The summed E-state index contributed by atoms with van der Waals surface area (Å²) in [6.07, 6.45) is 2.98. The number of benzene rings is 1. The van der Waals surface area contributed by atoms with Crippen LogP contribution in [0.2, 0.25) is 0 Å². The maximum absolute atomic E-state index is 4.43. The minimum absolute atomic E-state index is 0.195. The summed E-state index contributed by atoms with van der Waals surface area (Å²) >= 11 is 2.43. The Bertz CT molecular complexity index is 548. The van der Waals surface area contributed by atoms with Gasteiger partial charge >= 0.3 is 0 Å². The van der Waals surface area contributed by atoms with E-state index < -0.39 is 0 Å². The van der Waals surface area contributed by atoms with Crippen molar-refractivity contribution in [2.75, 3.05) is 7.05 Å². The fraction of sp³-hybridized carbons (Fsp3) is 0.400. The third-order valence-electron chi connectivity index (χ3n) is 3.30. The third kappa shape index (κ3) is 3.00. The molecule has 0 amide bonds. The monoisotopic (exact) mass is 369 g/mol. The molecular formula is C15H20IN3. The Morgan fingerprint density at radius 3 is 2.84 bits per heavy atom. The number of aryl methyl sites for hydroxylation is 2. The summed E-state index contributed by atoms with van der Waals surface area (Å²) in [6.45, 7) is 5.29. The van der Waals surface area contributed by atoms with Crippen LogP contribution in [0.25, 0.3) is 0 Å². The number of aromatic nitrogens is 2. The van der Waals surface area contributed by atoms with E-state index in [-0.39, 0.29) is 6.04 Å². The largest absolute Gasteiger partial charge is 0.308 e. The highest BCUT2D eigenvalue weighted by Gasteiger charge is 2.19. The van der Waals surface area contributed by atoms with Gasteiger partial charge in [0.05, 0.1) is 11.7 Å². The first-order valence-corrected chi connectivity index (χ1v) is 7.70. The van der Waals surface area contributed by atoms with Gasteiger partial charge in [-0.2, -0.15) is 5.10 Å². The lowest BCUT2D eigenvalue weighted by molar-refractivity contribution is 0.534. The molecular weight excluding hydrogens is 349 g/mol. The fourth-order valence-electron chi connectivity index (χ4n) is 2.34. The quantitative estimate of drug-likeness (QED) is 0.818. The Balaban J connectivity index is 2.44. The van der Waals surface area contributed by atoms with E-state index in [1.807, 2.05) is 13.2 Å². The molecule has 0 radical (unpaired) electrons. The first kappa shape index (κ1) is 14.5. The van der Waals surface area contributed by atoms with Gasteiger partial charge in [0.15, 0.2) is 0 Å². The van der Waals surface area contributed by atoms with Gasteiger partial charge in [0.1, 0.15) is 0 Å². The molecule has 1 N–H and O–H groups in total. The van der Waals surface area contributed by atoms with Gasteiger partial charge in [-0.05, 0) is 60.2 Å². The summed E-state index contributed by atoms with van der Waals surface area (Å²) < 4.78 is 3.42. The molecule has 0 saturated carbocycles. The lowest BCUT2D eigenvalue weighted by Gasteiger charge is -2.20. The Kier molecular flexibility index (Phi) is 4.99. The van der Waals surface area contributed by atoms with Gasteiger partial charge in [0.25, 0.3) is 0 Å². The molecule has 0 spiro atoms. The third-order valence-corrected chi connectivity index (χ3v) is 4.78. The van der Waals surface area contributed by atoms with Crippen LogP contribution < -0.4 is 5.32 Å². The molecule has 1 aromatic carbocycles. The minimum atomic E-state index is 0.195. The first-order chi connectivity index (χ1) is 9.19. The van der Waals surface area contributed by atoms with Crippen LogP contribution >= 0.6 is 22.6 Å². The van der Waals surface area contributed by atoms with Gasteiger partial charge in [-0.1, -0.05) is 25.1 Å². The van der Waals surface area contributed by atoms with E-state index in [4.69, 9.17) is 0 Å². The molecule has 0 aliphatic carbocycles. The van der Waals surface area contributed by atoms with Crippen molar-refractivity contribution in [2.24, 2.45) is 0 Å². The SMILES string of the molecule is CCCn1nccc1C(NC)c1cccc(C)c1I. The molecule has 19 heavy (non-hydrogen) atoms. The van der Waals surface area contributed by atoms with Crippen molar-refractivity contribution in [1.82, 2.24) is 15.1 Å². The van der Waals surface area contributed by atoms with E-state index in [9.17, 15) is 0 Å². The predicted octanol–water partition coefficient (Wildman–Crippen LogP) is 3.51. The van der Waals surface area contributed by atoms with E-state index in [0.29, 0.717) is 0 Å². The van der Waals surface area contributed by atoms with Gasteiger partial charge in [-0.3, -0.25) is 4.68 Å². The van der Waals surface area contributed by atoms with Crippen LogP contribution in [0.3, 0.4) is 0 Å². The summed E-state index contributed by atoms with van der Waals surface area (Å²) in [5, 5.41) is 7.85. The molecule has 0 bridgehead atoms. The second-order valence-corrected chi connectivity index (χ2v) is 5.76. The number of hydrogen-bond donors (Lipinski definition) is 1. The predicted molar refractivity (Wildman–Crippen MR) is 87.3 cm³/mol. The summed E-state index contributed by atoms with van der Waals surface area (Å²) in [5.74, 6) is 0. The zero-order valence-electron chi connectivity index (χ0n) is 11.7. The van der Waals surface area contributed by atoms with Crippen LogP contribution in [0.5, 0.6) is 0 Å². The maximum atomic E-state index is 4.43. The normalized spacial score (nSPS) is 12.6. The Labute approximate surface area is 128 Å². The molecule has 1 aromatic heterocycles. The van der Waals surface area contributed by atoms with Crippen LogP contribution in [0.15, 0.2) is 30.5 Å². The Morgan fingerprint density at radius 1 is 1.37 bits per heavy atom. The van der Waals surface area contributed by atoms with Crippen LogP contribution in [0.4, 0.5) is 0 Å². The number of nitrogens with zero attached hydrogens (tertiary/aromatic N) is 2. The van der Waals surface area contributed by atoms with Gasteiger partial charge in [0.2, 0.25) is 0 Å². The van der Waals surface area contributed by atoms with Crippen molar-refractivity contribution in [3.63, 3.8) is 0 Å². The number of rotatable bonds is 5.